The molecule has 7 nitrogen and oxygen atoms in total. The lowest BCUT2D eigenvalue weighted by atomic mass is 9.71. The summed E-state index contributed by atoms with van der Waals surface area (Å²) in [6.45, 7) is 4.17. The van der Waals surface area contributed by atoms with Gasteiger partial charge in [-0.05, 0) is 41.8 Å². The van der Waals surface area contributed by atoms with E-state index in [0.29, 0.717) is 41.4 Å². The van der Waals surface area contributed by atoms with Crippen molar-refractivity contribution in [2.24, 2.45) is 11.1 Å². The van der Waals surface area contributed by atoms with E-state index in [1.807, 2.05) is 38.1 Å². The van der Waals surface area contributed by atoms with E-state index in [1.54, 1.807) is 12.1 Å². The molecule has 32 heavy (non-hydrogen) atoms. The zero-order valence-corrected chi connectivity index (χ0v) is 19.7. The van der Waals surface area contributed by atoms with E-state index in [1.165, 1.54) is 7.11 Å². The second kappa shape index (κ2) is 8.50. The second-order valence-electron chi connectivity index (χ2n) is 8.63. The highest BCUT2D eigenvalue weighted by Crippen LogP contribution is 2.48. The maximum Gasteiger partial charge on any atom is 0.340 e. The van der Waals surface area contributed by atoms with Crippen molar-refractivity contribution in [3.8, 4) is 5.75 Å². The van der Waals surface area contributed by atoms with Gasteiger partial charge in [0, 0.05) is 22.9 Å². The Labute approximate surface area is 194 Å². The van der Waals surface area contributed by atoms with E-state index in [4.69, 9.17) is 24.4 Å². The number of esters is 1. The van der Waals surface area contributed by atoms with E-state index in [0.717, 1.165) is 4.47 Å². The van der Waals surface area contributed by atoms with Gasteiger partial charge in [0.1, 0.15) is 35.2 Å². The molecule has 2 aliphatic rings. The van der Waals surface area contributed by atoms with Crippen molar-refractivity contribution < 1.29 is 28.2 Å². The summed E-state index contributed by atoms with van der Waals surface area (Å²) in [5.41, 5.74) is 6.31. The molecule has 0 spiro atoms. The van der Waals surface area contributed by atoms with Crippen molar-refractivity contribution in [2.45, 2.75) is 39.2 Å². The molecule has 1 aromatic heterocycles. The Morgan fingerprint density at radius 3 is 2.59 bits per heavy atom. The summed E-state index contributed by atoms with van der Waals surface area (Å²) in [5.74, 6) is 0.484. The van der Waals surface area contributed by atoms with Crippen molar-refractivity contribution in [2.75, 3.05) is 7.11 Å². The van der Waals surface area contributed by atoms with Gasteiger partial charge in [-0.1, -0.05) is 29.8 Å². The lowest BCUT2D eigenvalue weighted by Gasteiger charge is -2.37. The lowest BCUT2D eigenvalue weighted by molar-refractivity contribution is -0.136. The predicted molar refractivity (Wildman–Crippen MR) is 119 cm³/mol. The molecule has 0 radical (unpaired) electrons. The summed E-state index contributed by atoms with van der Waals surface area (Å²) in [5, 5.41) is 0. The number of Topliss-reactive ketones (excluding diaryl/α,β-unsaturated/α-hetero) is 1. The molecule has 0 amide bonds. The number of rotatable bonds is 5. The molecule has 0 fully saturated rings. The van der Waals surface area contributed by atoms with Crippen LogP contribution in [0.1, 0.15) is 44.1 Å². The first-order valence-corrected chi connectivity index (χ1v) is 11.0. The SMILES string of the molecule is COC(=O)C1=C(N)OC2=C(C(=O)CC(C)(C)C2)C1c1ccc(COc2ccc(Br)cc2)o1. The summed E-state index contributed by atoms with van der Waals surface area (Å²) in [6.07, 6.45) is 0.861. The van der Waals surface area contributed by atoms with Crippen LogP contribution in [0.15, 0.2) is 68.1 Å². The average Bonchev–Trinajstić information content (AvgIpc) is 3.19. The fourth-order valence-corrected chi connectivity index (χ4v) is 4.35. The quantitative estimate of drug-likeness (QED) is 0.591. The largest absolute Gasteiger partial charge is 0.486 e. The van der Waals surface area contributed by atoms with Gasteiger partial charge in [0.15, 0.2) is 5.78 Å². The third kappa shape index (κ3) is 4.32. The Bertz CT molecular complexity index is 1130. The molecule has 1 atom stereocenters. The van der Waals surface area contributed by atoms with Crippen LogP contribution < -0.4 is 10.5 Å². The van der Waals surface area contributed by atoms with Crippen molar-refractivity contribution in [3.05, 3.63) is 75.2 Å². The summed E-state index contributed by atoms with van der Waals surface area (Å²) in [7, 11) is 1.26. The number of halogens is 1. The maximum atomic E-state index is 13.1. The van der Waals surface area contributed by atoms with Crippen LogP contribution in [-0.2, 0) is 25.7 Å². The normalized spacial score (nSPS) is 20.0. The van der Waals surface area contributed by atoms with Crippen LogP contribution in [-0.4, -0.2) is 18.9 Å². The van der Waals surface area contributed by atoms with E-state index in [9.17, 15) is 9.59 Å². The number of allylic oxidation sites excluding steroid dienone is 2. The zero-order chi connectivity index (χ0) is 23.0. The van der Waals surface area contributed by atoms with Gasteiger partial charge >= 0.3 is 5.97 Å². The Morgan fingerprint density at radius 2 is 1.91 bits per heavy atom. The number of methoxy groups -OCH3 is 1. The van der Waals surface area contributed by atoms with Crippen molar-refractivity contribution in [3.63, 3.8) is 0 Å². The third-order valence-corrected chi connectivity index (χ3v) is 6.05. The van der Waals surface area contributed by atoms with Gasteiger partial charge in [-0.2, -0.15) is 0 Å². The lowest BCUT2D eigenvalue weighted by Crippen LogP contribution is -2.35. The van der Waals surface area contributed by atoms with Crippen molar-refractivity contribution >= 4 is 27.7 Å². The van der Waals surface area contributed by atoms with E-state index in [2.05, 4.69) is 15.9 Å². The minimum absolute atomic E-state index is 0.0639. The number of ketones is 1. The Hall–Kier alpha value is -3.00. The van der Waals surface area contributed by atoms with Crippen LogP contribution in [0.25, 0.3) is 0 Å². The first-order chi connectivity index (χ1) is 15.2. The molecule has 0 saturated heterocycles. The molecule has 1 aliphatic carbocycles. The molecule has 1 aliphatic heterocycles. The minimum Gasteiger partial charge on any atom is -0.486 e. The van der Waals surface area contributed by atoms with Crippen LogP contribution in [0.5, 0.6) is 5.75 Å². The van der Waals surface area contributed by atoms with Gasteiger partial charge in [0.05, 0.1) is 13.0 Å². The van der Waals surface area contributed by atoms with Gasteiger partial charge in [-0.15, -0.1) is 0 Å². The highest BCUT2D eigenvalue weighted by atomic mass is 79.9. The first kappa shape index (κ1) is 22.2. The summed E-state index contributed by atoms with van der Waals surface area (Å²) < 4.78 is 23.4. The molecular formula is C24H24BrNO6. The van der Waals surface area contributed by atoms with E-state index in [-0.39, 0.29) is 29.3 Å². The highest BCUT2D eigenvalue weighted by molar-refractivity contribution is 9.10. The molecule has 0 bridgehead atoms. The van der Waals surface area contributed by atoms with Crippen LogP contribution in [0.3, 0.4) is 0 Å². The number of carbonyl (C=O) groups is 2. The number of benzene rings is 1. The topological polar surface area (TPSA) is 101 Å². The fraction of sp³-hybridized carbons (Fsp3) is 0.333. The molecule has 1 aromatic carbocycles. The van der Waals surface area contributed by atoms with Crippen LogP contribution in [0.4, 0.5) is 0 Å². The molecule has 8 heteroatoms. The van der Waals surface area contributed by atoms with Crippen LogP contribution in [0.2, 0.25) is 0 Å². The van der Waals surface area contributed by atoms with Gasteiger partial charge in [-0.25, -0.2) is 4.79 Å². The molecular weight excluding hydrogens is 478 g/mol. The minimum atomic E-state index is -0.795. The number of ether oxygens (including phenoxy) is 3. The molecule has 2 N–H and O–H groups in total. The summed E-state index contributed by atoms with van der Waals surface area (Å²) in [6, 6.07) is 10.9. The third-order valence-electron chi connectivity index (χ3n) is 5.52. The first-order valence-electron chi connectivity index (χ1n) is 10.2. The van der Waals surface area contributed by atoms with Gasteiger partial charge < -0.3 is 24.4 Å². The number of hydrogen-bond acceptors (Lipinski definition) is 7. The predicted octanol–water partition coefficient (Wildman–Crippen LogP) is 4.72. The Balaban J connectivity index is 1.67. The second-order valence-corrected chi connectivity index (χ2v) is 9.54. The Kier molecular flexibility index (Phi) is 5.90. The molecule has 0 saturated carbocycles. The van der Waals surface area contributed by atoms with Gasteiger partial charge in [-0.3, -0.25) is 4.79 Å². The zero-order valence-electron chi connectivity index (χ0n) is 18.1. The summed E-state index contributed by atoms with van der Waals surface area (Å²) in [4.78, 5) is 25.7. The number of nitrogens with two attached hydrogens (primary N) is 1. The van der Waals surface area contributed by atoms with Gasteiger partial charge in [0.25, 0.3) is 0 Å². The number of carbonyl (C=O) groups excluding carboxylic acids is 2. The molecule has 2 heterocycles. The fourth-order valence-electron chi connectivity index (χ4n) is 4.09. The molecule has 2 aromatic rings. The summed E-state index contributed by atoms with van der Waals surface area (Å²) >= 11 is 3.39. The molecule has 1 unspecified atom stereocenters. The maximum absolute atomic E-state index is 13.1. The number of hydrogen-bond donors (Lipinski definition) is 1. The number of furan rings is 1. The van der Waals surface area contributed by atoms with Crippen molar-refractivity contribution in [1.82, 2.24) is 0 Å². The smallest absolute Gasteiger partial charge is 0.340 e. The van der Waals surface area contributed by atoms with Gasteiger partial charge in [0.2, 0.25) is 5.88 Å². The van der Waals surface area contributed by atoms with E-state index < -0.39 is 11.9 Å². The average molecular weight is 502 g/mol. The van der Waals surface area contributed by atoms with Crippen molar-refractivity contribution in [1.29, 1.82) is 0 Å². The highest BCUT2D eigenvalue weighted by Gasteiger charge is 2.46. The van der Waals surface area contributed by atoms with Crippen LogP contribution >= 0.6 is 15.9 Å². The standard InChI is InChI=1S/C24H24BrNO6/c1-24(2)10-16(27)19-18(11-24)32-22(26)21(23(28)29-3)20(19)17-9-8-15(31-17)12-30-14-6-4-13(25)5-7-14/h4-9,20H,10-12,26H2,1-3H3. The van der Waals surface area contributed by atoms with E-state index >= 15 is 0 Å². The molecule has 168 valence electrons. The molecule has 4 rings (SSSR count). The van der Waals surface area contributed by atoms with Crippen LogP contribution in [0, 0.1) is 5.41 Å². The Morgan fingerprint density at radius 1 is 1.19 bits per heavy atom. The monoisotopic (exact) mass is 501 g/mol.